The van der Waals surface area contributed by atoms with E-state index in [2.05, 4.69) is 15.5 Å². The Kier molecular flexibility index (Phi) is 8.30. The molecule has 1 saturated heterocycles. The van der Waals surface area contributed by atoms with Gasteiger partial charge < -0.3 is 15.4 Å². The third kappa shape index (κ3) is 6.58. The number of carbonyl (C=O) groups excluding carboxylic acids is 1. The second kappa shape index (κ2) is 11.2. The molecule has 0 aliphatic carbocycles. The number of nitrogens with zero attached hydrogens (tertiary/aromatic N) is 1. The summed E-state index contributed by atoms with van der Waals surface area (Å²) in [5.41, 5.74) is 1.98. The molecule has 0 spiro atoms. The van der Waals surface area contributed by atoms with E-state index in [0.29, 0.717) is 32.7 Å². The predicted molar refractivity (Wildman–Crippen MR) is 112 cm³/mol. The summed E-state index contributed by atoms with van der Waals surface area (Å²) in [4.78, 5) is 14.7. The number of morpholine rings is 1. The molecule has 5 nitrogen and oxygen atoms in total. The number of rotatable bonds is 9. The topological polar surface area (TPSA) is 53.6 Å². The molecule has 2 atom stereocenters. The van der Waals surface area contributed by atoms with E-state index in [9.17, 15) is 13.6 Å². The summed E-state index contributed by atoms with van der Waals surface area (Å²) in [7, 11) is 0. The van der Waals surface area contributed by atoms with Crippen LogP contribution >= 0.6 is 0 Å². The van der Waals surface area contributed by atoms with Gasteiger partial charge in [0.1, 0.15) is 11.6 Å². The summed E-state index contributed by atoms with van der Waals surface area (Å²) >= 11 is 0. The Labute approximate surface area is 176 Å². The van der Waals surface area contributed by atoms with Gasteiger partial charge in [-0.3, -0.25) is 9.69 Å². The van der Waals surface area contributed by atoms with Crippen LogP contribution in [0.2, 0.25) is 0 Å². The van der Waals surface area contributed by atoms with Crippen molar-refractivity contribution in [2.75, 3.05) is 39.4 Å². The Morgan fingerprint density at radius 2 is 1.63 bits per heavy atom. The SMILES string of the molecule is C[C@H](NC[C@H](c1ccc(F)cc1)N1CCOCC1)C(=O)NCCc1ccc(F)cc1. The van der Waals surface area contributed by atoms with Crippen LogP contribution in [0.5, 0.6) is 0 Å². The molecule has 0 aromatic heterocycles. The van der Waals surface area contributed by atoms with Gasteiger partial charge in [0.15, 0.2) is 0 Å². The van der Waals surface area contributed by atoms with Crippen molar-refractivity contribution in [3.63, 3.8) is 0 Å². The maximum Gasteiger partial charge on any atom is 0.236 e. The van der Waals surface area contributed by atoms with E-state index < -0.39 is 0 Å². The van der Waals surface area contributed by atoms with E-state index in [0.717, 1.165) is 24.2 Å². The molecule has 1 aliphatic heterocycles. The first-order chi connectivity index (χ1) is 14.5. The quantitative estimate of drug-likeness (QED) is 0.659. The van der Waals surface area contributed by atoms with Crippen molar-refractivity contribution in [1.29, 1.82) is 0 Å². The van der Waals surface area contributed by atoms with E-state index in [1.54, 1.807) is 24.3 Å². The highest BCUT2D eigenvalue weighted by molar-refractivity contribution is 5.81. The number of nitrogens with one attached hydrogen (secondary N) is 2. The van der Waals surface area contributed by atoms with Crippen LogP contribution in [0.4, 0.5) is 8.78 Å². The van der Waals surface area contributed by atoms with Gasteiger partial charge in [0.2, 0.25) is 5.91 Å². The van der Waals surface area contributed by atoms with Gasteiger partial charge in [-0.1, -0.05) is 24.3 Å². The molecule has 1 fully saturated rings. The van der Waals surface area contributed by atoms with E-state index in [4.69, 9.17) is 4.74 Å². The fourth-order valence-corrected chi connectivity index (χ4v) is 3.55. The zero-order valence-electron chi connectivity index (χ0n) is 17.2. The maximum atomic E-state index is 13.4. The molecule has 0 radical (unpaired) electrons. The molecule has 1 amide bonds. The van der Waals surface area contributed by atoms with Crippen molar-refractivity contribution in [2.45, 2.75) is 25.4 Å². The first-order valence-electron chi connectivity index (χ1n) is 10.4. The molecule has 162 valence electrons. The summed E-state index contributed by atoms with van der Waals surface area (Å²) in [6, 6.07) is 12.5. The fourth-order valence-electron chi connectivity index (χ4n) is 3.55. The second-order valence-corrected chi connectivity index (χ2v) is 7.51. The molecular formula is C23H29F2N3O2. The number of hydrogen-bond acceptors (Lipinski definition) is 4. The minimum absolute atomic E-state index is 0.0314. The van der Waals surface area contributed by atoms with Gasteiger partial charge in [0, 0.05) is 32.2 Å². The molecule has 2 N–H and O–H groups in total. The first kappa shape index (κ1) is 22.3. The van der Waals surface area contributed by atoms with E-state index in [1.807, 2.05) is 6.92 Å². The minimum atomic E-state index is -0.373. The van der Waals surface area contributed by atoms with Gasteiger partial charge in [-0.2, -0.15) is 0 Å². The van der Waals surface area contributed by atoms with Crippen LogP contribution in [-0.4, -0.2) is 56.2 Å². The lowest BCUT2D eigenvalue weighted by molar-refractivity contribution is -0.122. The molecule has 2 aromatic carbocycles. The van der Waals surface area contributed by atoms with Crippen molar-refractivity contribution in [3.8, 4) is 0 Å². The largest absolute Gasteiger partial charge is 0.379 e. The molecule has 1 heterocycles. The Morgan fingerprint density at radius 3 is 2.27 bits per heavy atom. The van der Waals surface area contributed by atoms with Crippen LogP contribution in [0.3, 0.4) is 0 Å². The van der Waals surface area contributed by atoms with E-state index >= 15 is 0 Å². The lowest BCUT2D eigenvalue weighted by atomic mass is 10.0. The first-order valence-corrected chi connectivity index (χ1v) is 10.4. The third-order valence-electron chi connectivity index (χ3n) is 5.38. The Balaban J connectivity index is 1.51. The molecule has 0 saturated carbocycles. The number of carbonyl (C=O) groups is 1. The van der Waals surface area contributed by atoms with Crippen LogP contribution in [0.15, 0.2) is 48.5 Å². The van der Waals surface area contributed by atoms with Crippen molar-refractivity contribution >= 4 is 5.91 Å². The normalized spacial score (nSPS) is 16.8. The molecule has 3 rings (SSSR count). The van der Waals surface area contributed by atoms with Crippen LogP contribution in [0.25, 0.3) is 0 Å². The van der Waals surface area contributed by atoms with Crippen molar-refractivity contribution in [2.24, 2.45) is 0 Å². The van der Waals surface area contributed by atoms with Gasteiger partial charge in [0.25, 0.3) is 0 Å². The van der Waals surface area contributed by atoms with Crippen molar-refractivity contribution < 1.29 is 18.3 Å². The van der Waals surface area contributed by atoms with Crippen LogP contribution in [0.1, 0.15) is 24.1 Å². The summed E-state index contributed by atoms with van der Waals surface area (Å²) in [5, 5.41) is 6.23. The van der Waals surface area contributed by atoms with Gasteiger partial charge in [-0.15, -0.1) is 0 Å². The Hall–Kier alpha value is -2.35. The number of halogens is 2. The molecule has 2 aromatic rings. The van der Waals surface area contributed by atoms with Gasteiger partial charge in [0.05, 0.1) is 19.3 Å². The van der Waals surface area contributed by atoms with Crippen LogP contribution in [0, 0.1) is 11.6 Å². The zero-order valence-corrected chi connectivity index (χ0v) is 17.2. The molecule has 7 heteroatoms. The van der Waals surface area contributed by atoms with Gasteiger partial charge in [-0.25, -0.2) is 8.78 Å². The van der Waals surface area contributed by atoms with Crippen LogP contribution < -0.4 is 10.6 Å². The predicted octanol–water partition coefficient (Wildman–Crippen LogP) is 2.68. The minimum Gasteiger partial charge on any atom is -0.379 e. The summed E-state index contributed by atoms with van der Waals surface area (Å²) < 4.78 is 31.8. The number of ether oxygens (including phenoxy) is 1. The number of hydrogen-bond donors (Lipinski definition) is 2. The highest BCUT2D eigenvalue weighted by Gasteiger charge is 2.24. The molecule has 30 heavy (non-hydrogen) atoms. The number of amides is 1. The lowest BCUT2D eigenvalue weighted by Gasteiger charge is -2.35. The standard InChI is InChI=1S/C23H29F2N3O2/c1-17(23(29)26-11-10-18-2-6-20(24)7-3-18)27-16-22(28-12-14-30-15-13-28)19-4-8-21(25)9-5-19/h2-9,17,22,27H,10-16H2,1H3,(H,26,29)/t17-,22+/m0/s1. The molecule has 1 aliphatic rings. The summed E-state index contributed by atoms with van der Waals surface area (Å²) in [5.74, 6) is -0.616. The average Bonchev–Trinajstić information content (AvgIpc) is 2.77. The van der Waals surface area contributed by atoms with Crippen LogP contribution in [-0.2, 0) is 16.0 Å². The van der Waals surface area contributed by atoms with Crippen molar-refractivity contribution in [3.05, 3.63) is 71.3 Å². The highest BCUT2D eigenvalue weighted by Crippen LogP contribution is 2.22. The average molecular weight is 418 g/mol. The van der Waals surface area contributed by atoms with E-state index in [1.165, 1.54) is 24.3 Å². The van der Waals surface area contributed by atoms with Crippen molar-refractivity contribution in [1.82, 2.24) is 15.5 Å². The molecule has 0 unspecified atom stereocenters. The number of benzene rings is 2. The third-order valence-corrected chi connectivity index (χ3v) is 5.38. The monoisotopic (exact) mass is 417 g/mol. The summed E-state index contributed by atoms with van der Waals surface area (Å²) in [6.07, 6.45) is 0.644. The Morgan fingerprint density at radius 1 is 1.03 bits per heavy atom. The fraction of sp³-hybridized carbons (Fsp3) is 0.435. The Bertz CT molecular complexity index is 793. The maximum absolute atomic E-state index is 13.4. The molecule has 0 bridgehead atoms. The zero-order chi connectivity index (χ0) is 21.3. The van der Waals surface area contributed by atoms with E-state index in [-0.39, 0.29) is 29.6 Å². The van der Waals surface area contributed by atoms with Gasteiger partial charge >= 0.3 is 0 Å². The summed E-state index contributed by atoms with van der Waals surface area (Å²) in [6.45, 7) is 5.80. The lowest BCUT2D eigenvalue weighted by Crippen LogP contribution is -2.48. The molecular weight excluding hydrogens is 388 g/mol. The van der Waals surface area contributed by atoms with Gasteiger partial charge in [-0.05, 0) is 48.7 Å². The second-order valence-electron chi connectivity index (χ2n) is 7.51. The smallest absolute Gasteiger partial charge is 0.236 e. The highest BCUT2D eigenvalue weighted by atomic mass is 19.1.